The summed E-state index contributed by atoms with van der Waals surface area (Å²) in [4.78, 5) is 11.8. The van der Waals surface area contributed by atoms with Crippen molar-refractivity contribution in [3.05, 3.63) is 34.6 Å². The second-order valence-corrected chi connectivity index (χ2v) is 5.93. The normalized spacial score (nSPS) is 11.5. The minimum absolute atomic E-state index is 0.0209. The molecule has 0 saturated carbocycles. The molecule has 0 aliphatic heterocycles. The van der Waals surface area contributed by atoms with Crippen LogP contribution in [-0.2, 0) is 11.3 Å². The maximum Gasteiger partial charge on any atom is 0.234 e. The van der Waals surface area contributed by atoms with E-state index in [2.05, 4.69) is 10.6 Å². The van der Waals surface area contributed by atoms with Crippen molar-refractivity contribution in [3.63, 3.8) is 0 Å². The number of nitrogens with one attached hydrogen (secondary N) is 2. The van der Waals surface area contributed by atoms with Gasteiger partial charge < -0.3 is 10.6 Å². The van der Waals surface area contributed by atoms with Gasteiger partial charge in [0.15, 0.2) is 0 Å². The van der Waals surface area contributed by atoms with E-state index < -0.39 is 0 Å². The van der Waals surface area contributed by atoms with Gasteiger partial charge in [-0.3, -0.25) is 4.79 Å². The lowest BCUT2D eigenvalue weighted by molar-refractivity contribution is -0.121. The van der Waals surface area contributed by atoms with Crippen molar-refractivity contribution in [3.8, 4) is 0 Å². The molecule has 0 spiro atoms. The van der Waals surface area contributed by atoms with Crippen LogP contribution in [0.2, 0.25) is 0 Å². The van der Waals surface area contributed by atoms with Gasteiger partial charge in [0.25, 0.3) is 0 Å². The van der Waals surface area contributed by atoms with Crippen LogP contribution in [0.4, 0.5) is 4.39 Å². The van der Waals surface area contributed by atoms with E-state index in [9.17, 15) is 9.18 Å². The van der Waals surface area contributed by atoms with Crippen LogP contribution in [-0.4, -0.2) is 18.0 Å². The van der Waals surface area contributed by atoms with Crippen LogP contribution in [0, 0.1) is 19.7 Å². The molecule has 20 heavy (non-hydrogen) atoms. The third kappa shape index (κ3) is 4.93. The maximum absolute atomic E-state index is 13.5. The van der Waals surface area contributed by atoms with Crippen molar-refractivity contribution in [1.29, 1.82) is 0 Å². The highest BCUT2D eigenvalue weighted by Crippen LogP contribution is 2.14. The molecular weight excluding hydrogens is 255 g/mol. The van der Waals surface area contributed by atoms with Gasteiger partial charge in [-0.2, -0.15) is 0 Å². The van der Waals surface area contributed by atoms with Crippen molar-refractivity contribution in [2.75, 3.05) is 6.54 Å². The van der Waals surface area contributed by atoms with Gasteiger partial charge in [0, 0.05) is 12.1 Å². The number of amides is 1. The minimum Gasteiger partial charge on any atom is -0.350 e. The Morgan fingerprint density at radius 2 is 1.80 bits per heavy atom. The van der Waals surface area contributed by atoms with Crippen LogP contribution < -0.4 is 10.6 Å². The molecule has 0 atom stereocenters. The van der Waals surface area contributed by atoms with Crippen molar-refractivity contribution in [2.24, 2.45) is 0 Å². The van der Waals surface area contributed by atoms with Crippen molar-refractivity contribution in [1.82, 2.24) is 10.6 Å². The van der Waals surface area contributed by atoms with E-state index in [4.69, 9.17) is 0 Å². The van der Waals surface area contributed by atoms with E-state index in [1.54, 1.807) is 13.8 Å². The summed E-state index contributed by atoms with van der Waals surface area (Å²) in [5, 5.41) is 6.05. The number of hydrogen-bond donors (Lipinski definition) is 2. The number of hydrogen-bond acceptors (Lipinski definition) is 2. The Bertz CT molecular complexity index is 460. The van der Waals surface area contributed by atoms with E-state index in [1.165, 1.54) is 0 Å². The first-order chi connectivity index (χ1) is 9.25. The van der Waals surface area contributed by atoms with Crippen LogP contribution in [0.15, 0.2) is 12.1 Å². The highest BCUT2D eigenvalue weighted by molar-refractivity contribution is 5.78. The Kier molecular flexibility index (Phi) is 5.69. The standard InChI is InChI=1S/C16H25FN2O/c1-6-16(4,5)19-14(20)10-18-9-13-7-11(2)15(17)12(3)8-13/h7-8,18H,6,9-10H2,1-5H3,(H,19,20). The fourth-order valence-corrected chi connectivity index (χ4v) is 1.97. The summed E-state index contributed by atoms with van der Waals surface area (Å²) in [6.07, 6.45) is 0.884. The first kappa shape index (κ1) is 16.6. The summed E-state index contributed by atoms with van der Waals surface area (Å²) in [5.41, 5.74) is 2.09. The third-order valence-electron chi connectivity index (χ3n) is 3.47. The van der Waals surface area contributed by atoms with Crippen LogP contribution >= 0.6 is 0 Å². The van der Waals surface area contributed by atoms with Crippen molar-refractivity contribution >= 4 is 5.91 Å². The zero-order valence-electron chi connectivity index (χ0n) is 13.1. The molecule has 0 unspecified atom stereocenters. The zero-order valence-corrected chi connectivity index (χ0v) is 13.1. The number of carbonyl (C=O) groups excluding carboxylic acids is 1. The second-order valence-electron chi connectivity index (χ2n) is 5.93. The van der Waals surface area contributed by atoms with Gasteiger partial charge in [-0.1, -0.05) is 19.1 Å². The van der Waals surface area contributed by atoms with E-state index in [-0.39, 0.29) is 23.8 Å². The van der Waals surface area contributed by atoms with Gasteiger partial charge in [-0.25, -0.2) is 4.39 Å². The predicted molar refractivity (Wildman–Crippen MR) is 80.1 cm³/mol. The maximum atomic E-state index is 13.5. The number of halogens is 1. The highest BCUT2D eigenvalue weighted by atomic mass is 19.1. The molecule has 0 fully saturated rings. The summed E-state index contributed by atoms with van der Waals surface area (Å²) in [5.74, 6) is -0.177. The molecule has 0 radical (unpaired) electrons. The van der Waals surface area contributed by atoms with Gasteiger partial charge >= 0.3 is 0 Å². The number of aryl methyl sites for hydroxylation is 2. The molecule has 1 aromatic carbocycles. The molecule has 1 rings (SSSR count). The lowest BCUT2D eigenvalue weighted by Crippen LogP contribution is -2.46. The molecule has 0 saturated heterocycles. The Morgan fingerprint density at radius 3 is 2.30 bits per heavy atom. The summed E-state index contributed by atoms with van der Waals surface area (Å²) < 4.78 is 13.5. The van der Waals surface area contributed by atoms with Crippen LogP contribution in [0.5, 0.6) is 0 Å². The van der Waals surface area contributed by atoms with Crippen molar-refractivity contribution < 1.29 is 9.18 Å². The molecule has 4 heteroatoms. The van der Waals surface area contributed by atoms with Gasteiger partial charge in [0.05, 0.1) is 6.54 Å². The van der Waals surface area contributed by atoms with Crippen LogP contribution in [0.25, 0.3) is 0 Å². The lowest BCUT2D eigenvalue weighted by atomic mass is 10.0. The molecule has 0 heterocycles. The molecule has 0 aliphatic carbocycles. The van der Waals surface area contributed by atoms with Gasteiger partial charge in [0.1, 0.15) is 5.82 Å². The smallest absolute Gasteiger partial charge is 0.234 e. The van der Waals surface area contributed by atoms with Gasteiger partial charge in [-0.05, 0) is 50.8 Å². The molecule has 1 amide bonds. The number of benzene rings is 1. The first-order valence-corrected chi connectivity index (χ1v) is 7.02. The number of rotatable bonds is 6. The average Bonchev–Trinajstić information content (AvgIpc) is 2.35. The Balaban J connectivity index is 2.47. The van der Waals surface area contributed by atoms with E-state index >= 15 is 0 Å². The van der Waals surface area contributed by atoms with E-state index in [0.717, 1.165) is 12.0 Å². The molecule has 2 N–H and O–H groups in total. The van der Waals surface area contributed by atoms with Gasteiger partial charge in [0.2, 0.25) is 5.91 Å². The number of carbonyl (C=O) groups is 1. The summed E-state index contributed by atoms with van der Waals surface area (Å²) in [7, 11) is 0. The Labute approximate surface area is 121 Å². The zero-order chi connectivity index (χ0) is 15.3. The molecule has 0 aromatic heterocycles. The average molecular weight is 280 g/mol. The molecule has 1 aromatic rings. The quantitative estimate of drug-likeness (QED) is 0.841. The van der Waals surface area contributed by atoms with Crippen LogP contribution in [0.3, 0.4) is 0 Å². The topological polar surface area (TPSA) is 41.1 Å². The highest BCUT2D eigenvalue weighted by Gasteiger charge is 2.17. The molecule has 0 aliphatic rings. The Hall–Kier alpha value is -1.42. The van der Waals surface area contributed by atoms with Crippen molar-refractivity contribution in [2.45, 2.75) is 53.1 Å². The predicted octanol–water partition coefficient (Wildman–Crippen LogP) is 2.84. The monoisotopic (exact) mass is 280 g/mol. The molecule has 3 nitrogen and oxygen atoms in total. The largest absolute Gasteiger partial charge is 0.350 e. The summed E-state index contributed by atoms with van der Waals surface area (Å²) in [6.45, 7) is 10.4. The minimum atomic E-state index is -0.179. The fourth-order valence-electron chi connectivity index (χ4n) is 1.97. The summed E-state index contributed by atoms with van der Waals surface area (Å²) >= 11 is 0. The van der Waals surface area contributed by atoms with E-state index in [1.807, 2.05) is 32.9 Å². The lowest BCUT2D eigenvalue weighted by Gasteiger charge is -2.24. The molecular formula is C16H25FN2O. The van der Waals surface area contributed by atoms with Crippen LogP contribution in [0.1, 0.15) is 43.9 Å². The summed E-state index contributed by atoms with van der Waals surface area (Å²) in [6, 6.07) is 3.62. The molecule has 0 bridgehead atoms. The SMILES string of the molecule is CCC(C)(C)NC(=O)CNCc1cc(C)c(F)c(C)c1. The second kappa shape index (κ2) is 6.84. The Morgan fingerprint density at radius 1 is 1.25 bits per heavy atom. The molecule has 112 valence electrons. The third-order valence-corrected chi connectivity index (χ3v) is 3.47. The first-order valence-electron chi connectivity index (χ1n) is 7.02. The van der Waals surface area contributed by atoms with E-state index in [0.29, 0.717) is 17.7 Å². The fraction of sp³-hybridized carbons (Fsp3) is 0.562. The van der Waals surface area contributed by atoms with Gasteiger partial charge in [-0.15, -0.1) is 0 Å².